The Hall–Kier alpha value is 0.900. The maximum atomic E-state index is 10.5. The Kier molecular flexibility index (Phi) is 21.3. The van der Waals surface area contributed by atoms with Crippen molar-refractivity contribution in [1.82, 2.24) is 14.2 Å². The Morgan fingerprint density at radius 1 is 0.524 bits per heavy atom. The van der Waals surface area contributed by atoms with Gasteiger partial charge in [-0.1, -0.05) is 0 Å². The number of carbonyl (C=O) groups is 6. The molecule has 0 saturated carbocycles. The van der Waals surface area contributed by atoms with E-state index in [1.54, 1.807) is 0 Å². The minimum atomic E-state index is -2.67. The van der Waals surface area contributed by atoms with Crippen LogP contribution in [0.1, 0.15) is 0 Å². The quantitative estimate of drug-likeness (QED) is 0.0684. The number of aliphatic carboxylic acids is 6. The monoisotopic (exact) mass is 735 g/mol. The molecular weight excluding hydrogens is 724 g/mol. The molecule has 9 N–H and O–H groups in total. The van der Waals surface area contributed by atoms with Crippen LogP contribution in [0.15, 0.2) is 29.4 Å². The summed E-state index contributed by atoms with van der Waals surface area (Å²) in [5.41, 5.74) is -10.2. The van der Waals surface area contributed by atoms with Crippen LogP contribution in [0.25, 0.3) is 0 Å². The molecule has 0 fully saturated rings. The van der Waals surface area contributed by atoms with Crippen LogP contribution in [0.2, 0.25) is 0 Å². The molecule has 18 nitrogen and oxygen atoms in total. The molecule has 216 valence electrons. The Labute approximate surface area is 329 Å². The van der Waals surface area contributed by atoms with Gasteiger partial charge in [-0.3, -0.25) is 0 Å². The molecule has 3 aliphatic heterocycles. The fraction of sp³-hybridized carbons (Fsp3) is 0.200. The second-order valence-electron chi connectivity index (χ2n) is 6.56. The smallest absolute Gasteiger partial charge is 0.545 e. The third kappa shape index (κ3) is 10.5. The number of rotatable bonds is 6. The Morgan fingerprint density at radius 3 is 0.786 bits per heavy atom. The van der Waals surface area contributed by atoms with Gasteiger partial charge in [0.2, 0.25) is 17.2 Å². The summed E-state index contributed by atoms with van der Waals surface area (Å²) in [6, 6.07) is 0. The summed E-state index contributed by atoms with van der Waals surface area (Å²) in [5.74, 6) is -10.5. The molecular formula is C15H12N3Na3O15S6. The van der Waals surface area contributed by atoms with Gasteiger partial charge in [-0.05, 0) is 35.8 Å². The van der Waals surface area contributed by atoms with Gasteiger partial charge in [0, 0.05) is 0 Å². The molecule has 3 atom stereocenters. The first-order valence-corrected chi connectivity index (χ1v) is 12.6. The van der Waals surface area contributed by atoms with Crippen LogP contribution < -0.4 is 118 Å². The van der Waals surface area contributed by atoms with Gasteiger partial charge in [-0.25, -0.2) is 28.5 Å². The molecule has 3 unspecified atom stereocenters. The van der Waals surface area contributed by atoms with Crippen LogP contribution >= 0.6 is 73.7 Å². The number of carboxylic acids is 6. The molecule has 27 heteroatoms. The fourth-order valence-electron chi connectivity index (χ4n) is 2.31. The summed E-state index contributed by atoms with van der Waals surface area (Å²) >= 11 is 12.9. The van der Waals surface area contributed by atoms with Gasteiger partial charge in [0.25, 0.3) is 0 Å². The first-order chi connectivity index (χ1) is 17.7. The predicted molar refractivity (Wildman–Crippen MR) is 133 cm³/mol. The van der Waals surface area contributed by atoms with Crippen molar-refractivity contribution in [1.29, 1.82) is 0 Å². The molecule has 0 amide bonds. The molecule has 0 saturated heterocycles. The Balaban J connectivity index is -0.000000524. The fourth-order valence-corrected chi connectivity index (χ4v) is 5.79. The van der Waals surface area contributed by atoms with Gasteiger partial charge in [0.05, 0.1) is 30.6 Å². The van der Waals surface area contributed by atoms with E-state index in [0.717, 1.165) is 0 Å². The number of aliphatic hydroxyl groups is 3. The number of hydrogen-bond acceptors (Lipinski definition) is 21. The molecule has 0 aromatic rings. The maximum absolute atomic E-state index is 10.5. The average molecular weight is 736 g/mol. The van der Waals surface area contributed by atoms with E-state index >= 15 is 0 Å². The van der Waals surface area contributed by atoms with Crippen LogP contribution in [-0.4, -0.2) is 83.6 Å². The van der Waals surface area contributed by atoms with Crippen molar-refractivity contribution in [3.8, 4) is 0 Å². The molecule has 3 rings (SSSR count). The van der Waals surface area contributed by atoms with Crippen LogP contribution in [-0.2, 0) is 28.8 Å². The van der Waals surface area contributed by atoms with Crippen molar-refractivity contribution in [2.45, 2.75) is 17.2 Å². The van der Waals surface area contributed by atoms with Gasteiger partial charge >= 0.3 is 107 Å². The maximum Gasteiger partial charge on any atom is 1.00 e. The Bertz CT molecular complexity index is 1110. The van der Waals surface area contributed by atoms with Gasteiger partial charge < -0.3 is 60.3 Å². The third-order valence-corrected chi connectivity index (χ3v) is 8.02. The number of hydrogen-bond donors (Lipinski definition) is 12. The van der Waals surface area contributed by atoms with Crippen molar-refractivity contribution >= 4 is 110 Å². The van der Waals surface area contributed by atoms with Gasteiger partial charge in [0.1, 0.15) is 16.7 Å². The zero-order valence-electron chi connectivity index (χ0n) is 20.9. The van der Waals surface area contributed by atoms with E-state index in [1.165, 1.54) is 0 Å². The molecule has 0 radical (unpaired) electrons. The zero-order valence-corrected chi connectivity index (χ0v) is 32.1. The van der Waals surface area contributed by atoms with Crippen molar-refractivity contribution in [2.75, 3.05) is 0 Å². The van der Waals surface area contributed by atoms with E-state index in [0.29, 0.717) is 35.8 Å². The first-order valence-electron chi connectivity index (χ1n) is 8.82. The van der Waals surface area contributed by atoms with Crippen LogP contribution in [0.3, 0.4) is 0 Å². The van der Waals surface area contributed by atoms with E-state index in [1.807, 2.05) is 14.2 Å². The molecule has 42 heavy (non-hydrogen) atoms. The second-order valence-corrected chi connectivity index (χ2v) is 11.3. The number of thiol groups is 3. The molecule has 0 aliphatic carbocycles. The van der Waals surface area contributed by atoms with Crippen LogP contribution in [0, 0.1) is 0 Å². The SMILES string of the molecule is O=C(O)C1=C(S)SNC1(O)C(=O)[O-].O=C(O)C1=C(S)SNC1(O)C(=O)[O-].O=C(O)C1=C(S)SNC1(O)C(=O)[O-].[Na+].[Na+].[Na+]. The van der Waals surface area contributed by atoms with Gasteiger partial charge in [0.15, 0.2) is 0 Å². The number of carbonyl (C=O) groups excluding carboxylic acids is 3. The predicted octanol–water partition coefficient (Wildman–Crippen LogP) is -15.3. The topological polar surface area (TPSA) is 329 Å². The zero-order chi connectivity index (χ0) is 30.7. The molecule has 3 heterocycles. The summed E-state index contributed by atoms with van der Waals surface area (Å²) < 4.78 is 5.64. The largest absolute Gasteiger partial charge is 1.00 e. The van der Waals surface area contributed by atoms with Crippen molar-refractivity contribution in [2.24, 2.45) is 0 Å². The van der Waals surface area contributed by atoms with E-state index in [4.69, 9.17) is 15.3 Å². The first kappa shape index (κ1) is 47.3. The minimum absolute atomic E-state index is 0. The number of nitrogens with one attached hydrogen (secondary N) is 3. The summed E-state index contributed by atoms with van der Waals surface area (Å²) in [5, 5.41) is 84.8. The molecule has 0 spiro atoms. The van der Waals surface area contributed by atoms with E-state index < -0.39 is 69.7 Å². The van der Waals surface area contributed by atoms with E-state index in [9.17, 15) is 59.4 Å². The summed E-state index contributed by atoms with van der Waals surface area (Å²) in [4.78, 5) is 62.8. The summed E-state index contributed by atoms with van der Waals surface area (Å²) in [6.45, 7) is 0. The molecule has 0 aromatic heterocycles. The normalized spacial score (nSPS) is 25.9. The second kappa shape index (κ2) is 18.9. The van der Waals surface area contributed by atoms with Gasteiger partial charge in [-0.15, -0.1) is 37.9 Å². The average Bonchev–Trinajstić information content (AvgIpc) is 3.41. The van der Waals surface area contributed by atoms with Crippen molar-refractivity contribution in [3.05, 3.63) is 29.4 Å². The summed E-state index contributed by atoms with van der Waals surface area (Å²) in [7, 11) is 0. The Morgan fingerprint density at radius 2 is 0.690 bits per heavy atom. The van der Waals surface area contributed by atoms with E-state index in [2.05, 4.69) is 37.9 Å². The standard InChI is InChI=1S/3C5H5NO5S2.3Na/c3*7-2(8)1-3(12)13-6-5(1,11)4(9)10;;;/h3*6,11-12H,(H,7,8)(H,9,10);;;/q;;;3*+1/p-3. The summed E-state index contributed by atoms with van der Waals surface area (Å²) in [6.07, 6.45) is 0. The van der Waals surface area contributed by atoms with Crippen LogP contribution in [0.4, 0.5) is 0 Å². The van der Waals surface area contributed by atoms with E-state index in [-0.39, 0.29) is 101 Å². The van der Waals surface area contributed by atoms with Crippen molar-refractivity contribution < 1.29 is 163 Å². The molecule has 3 aliphatic rings. The van der Waals surface area contributed by atoms with Crippen LogP contribution in [0.5, 0.6) is 0 Å². The third-order valence-electron chi connectivity index (χ3n) is 4.14. The molecule has 0 bridgehead atoms. The van der Waals surface area contributed by atoms with Gasteiger partial charge in [-0.2, -0.15) is 0 Å². The molecule has 0 aromatic carbocycles. The number of carboxylic acid groups (broad SMARTS) is 6. The van der Waals surface area contributed by atoms with Crippen molar-refractivity contribution in [3.63, 3.8) is 0 Å². The minimum Gasteiger partial charge on any atom is -0.545 e.